The first-order valence-electron chi connectivity index (χ1n) is 7.07. The molecule has 1 amide bonds. The maximum Gasteiger partial charge on any atom is 0.291 e. The van der Waals surface area contributed by atoms with Crippen LogP contribution in [0.2, 0.25) is 5.02 Å². The van der Waals surface area contributed by atoms with Crippen LogP contribution in [-0.2, 0) is 0 Å². The minimum absolute atomic E-state index is 0.204. The molecule has 0 spiro atoms. The molecule has 0 fully saturated rings. The van der Waals surface area contributed by atoms with Crippen LogP contribution < -0.4 is 10.1 Å². The number of rotatable bonds is 4. The first-order chi connectivity index (χ1) is 11.6. The van der Waals surface area contributed by atoms with Crippen LogP contribution in [0.3, 0.4) is 0 Å². The fraction of sp³-hybridized carbons (Fsp3) is 0.0556. The summed E-state index contributed by atoms with van der Waals surface area (Å²) in [5.74, 6) is 0.965. The molecule has 0 aliphatic rings. The lowest BCUT2D eigenvalue weighted by Gasteiger charge is -2.09. The molecule has 0 saturated heterocycles. The van der Waals surface area contributed by atoms with Crippen molar-refractivity contribution >= 4 is 39.1 Å². The highest BCUT2D eigenvalue weighted by Crippen LogP contribution is 2.29. The standard InChI is InChI=1S/C18H13BrClNO3/c1-23-16-7-6-13(20)10-14(16)21-18(22)17-9-8-15(24-17)11-2-4-12(19)5-3-11/h2-10H,1H3,(H,21,22). The Morgan fingerprint density at radius 2 is 1.88 bits per heavy atom. The normalized spacial score (nSPS) is 10.5. The van der Waals surface area contributed by atoms with Gasteiger partial charge in [0.2, 0.25) is 0 Å². The highest BCUT2D eigenvalue weighted by atomic mass is 79.9. The summed E-state index contributed by atoms with van der Waals surface area (Å²) in [7, 11) is 1.53. The molecule has 1 heterocycles. The Bertz CT molecular complexity index is 874. The van der Waals surface area contributed by atoms with Crippen LogP contribution in [0.4, 0.5) is 5.69 Å². The average molecular weight is 407 g/mol. The summed E-state index contributed by atoms with van der Waals surface area (Å²) in [6, 6.07) is 16.0. The Morgan fingerprint density at radius 3 is 2.58 bits per heavy atom. The molecule has 0 aliphatic heterocycles. The third kappa shape index (κ3) is 3.63. The van der Waals surface area contributed by atoms with E-state index in [1.807, 2.05) is 24.3 Å². The molecule has 0 unspecified atom stereocenters. The van der Waals surface area contributed by atoms with E-state index in [4.69, 9.17) is 20.8 Å². The summed E-state index contributed by atoms with van der Waals surface area (Å²) in [5, 5.41) is 3.24. The zero-order valence-electron chi connectivity index (χ0n) is 12.7. The highest BCUT2D eigenvalue weighted by molar-refractivity contribution is 9.10. The van der Waals surface area contributed by atoms with Gasteiger partial charge in [-0.05, 0) is 42.5 Å². The monoisotopic (exact) mass is 405 g/mol. The highest BCUT2D eigenvalue weighted by Gasteiger charge is 2.15. The van der Waals surface area contributed by atoms with E-state index < -0.39 is 0 Å². The largest absolute Gasteiger partial charge is 0.495 e. The number of nitrogens with one attached hydrogen (secondary N) is 1. The molecule has 0 saturated carbocycles. The van der Waals surface area contributed by atoms with Crippen molar-refractivity contribution in [1.29, 1.82) is 0 Å². The van der Waals surface area contributed by atoms with E-state index in [0.717, 1.165) is 10.0 Å². The smallest absolute Gasteiger partial charge is 0.291 e. The van der Waals surface area contributed by atoms with E-state index >= 15 is 0 Å². The Kier molecular flexibility index (Phi) is 4.92. The lowest BCUT2D eigenvalue weighted by Crippen LogP contribution is -2.11. The van der Waals surface area contributed by atoms with E-state index in [9.17, 15) is 4.79 Å². The van der Waals surface area contributed by atoms with Gasteiger partial charge in [-0.25, -0.2) is 0 Å². The topological polar surface area (TPSA) is 51.5 Å². The average Bonchev–Trinajstić information content (AvgIpc) is 3.06. The molecule has 6 heteroatoms. The zero-order chi connectivity index (χ0) is 17.1. The van der Waals surface area contributed by atoms with Gasteiger partial charge in [0.25, 0.3) is 5.91 Å². The van der Waals surface area contributed by atoms with Gasteiger partial charge < -0.3 is 14.5 Å². The van der Waals surface area contributed by atoms with Gasteiger partial charge in [0.15, 0.2) is 5.76 Å². The second-order valence-corrected chi connectivity index (χ2v) is 6.32. The molecule has 3 rings (SSSR count). The van der Waals surface area contributed by atoms with Crippen LogP contribution in [0.25, 0.3) is 11.3 Å². The molecule has 4 nitrogen and oxygen atoms in total. The van der Waals surface area contributed by atoms with Crippen molar-refractivity contribution in [3.05, 3.63) is 69.9 Å². The molecular formula is C18H13BrClNO3. The van der Waals surface area contributed by atoms with Crippen molar-refractivity contribution < 1.29 is 13.9 Å². The SMILES string of the molecule is COc1ccc(Cl)cc1NC(=O)c1ccc(-c2ccc(Br)cc2)o1. The fourth-order valence-corrected chi connectivity index (χ4v) is 2.63. The molecule has 122 valence electrons. The Balaban J connectivity index is 1.81. The number of carbonyl (C=O) groups excluding carboxylic acids is 1. The summed E-state index contributed by atoms with van der Waals surface area (Å²) in [6.07, 6.45) is 0. The maximum atomic E-state index is 12.4. The lowest BCUT2D eigenvalue weighted by atomic mass is 10.2. The number of anilines is 1. The third-order valence-corrected chi connectivity index (χ3v) is 4.13. The van der Waals surface area contributed by atoms with Crippen LogP contribution in [0, 0.1) is 0 Å². The van der Waals surface area contributed by atoms with E-state index in [1.54, 1.807) is 30.3 Å². The van der Waals surface area contributed by atoms with Crippen molar-refractivity contribution in [2.45, 2.75) is 0 Å². The number of hydrogen-bond acceptors (Lipinski definition) is 3. The Labute approximate surface area is 152 Å². The summed E-state index contributed by atoms with van der Waals surface area (Å²) >= 11 is 9.35. The molecule has 0 bridgehead atoms. The third-order valence-electron chi connectivity index (χ3n) is 3.37. The number of carbonyl (C=O) groups is 1. The van der Waals surface area contributed by atoms with Crippen molar-refractivity contribution in [2.75, 3.05) is 12.4 Å². The van der Waals surface area contributed by atoms with Crippen molar-refractivity contribution in [3.63, 3.8) is 0 Å². The number of furan rings is 1. The van der Waals surface area contributed by atoms with Gasteiger partial charge >= 0.3 is 0 Å². The van der Waals surface area contributed by atoms with Gasteiger partial charge in [-0.3, -0.25) is 4.79 Å². The second kappa shape index (κ2) is 7.11. The number of methoxy groups -OCH3 is 1. The molecule has 0 radical (unpaired) electrons. The van der Waals surface area contributed by atoms with Gasteiger partial charge in [0.05, 0.1) is 12.8 Å². The molecule has 0 aliphatic carbocycles. The molecule has 3 aromatic rings. The minimum atomic E-state index is -0.376. The molecule has 1 N–H and O–H groups in total. The van der Waals surface area contributed by atoms with Crippen molar-refractivity contribution in [1.82, 2.24) is 0 Å². The fourth-order valence-electron chi connectivity index (χ4n) is 2.19. The Morgan fingerprint density at radius 1 is 1.12 bits per heavy atom. The van der Waals surface area contributed by atoms with Gasteiger partial charge in [0.1, 0.15) is 11.5 Å². The number of amides is 1. The van der Waals surface area contributed by atoms with Crippen LogP contribution in [-0.4, -0.2) is 13.0 Å². The zero-order valence-corrected chi connectivity index (χ0v) is 15.0. The van der Waals surface area contributed by atoms with Crippen LogP contribution in [0.1, 0.15) is 10.6 Å². The summed E-state index contributed by atoms with van der Waals surface area (Å²) in [5.41, 5.74) is 1.37. The molecule has 1 aromatic heterocycles. The lowest BCUT2D eigenvalue weighted by molar-refractivity contribution is 0.0997. The quantitative estimate of drug-likeness (QED) is 0.611. The van der Waals surface area contributed by atoms with Gasteiger partial charge in [-0.15, -0.1) is 0 Å². The summed E-state index contributed by atoms with van der Waals surface area (Å²) in [4.78, 5) is 12.4. The maximum absolute atomic E-state index is 12.4. The summed E-state index contributed by atoms with van der Waals surface area (Å²) < 4.78 is 11.8. The van der Waals surface area contributed by atoms with Gasteiger partial charge in [0, 0.05) is 15.1 Å². The van der Waals surface area contributed by atoms with Crippen LogP contribution in [0.5, 0.6) is 5.75 Å². The second-order valence-electron chi connectivity index (χ2n) is 4.97. The minimum Gasteiger partial charge on any atom is -0.495 e. The Hall–Kier alpha value is -2.24. The predicted octanol–water partition coefficient (Wildman–Crippen LogP) is 5.62. The first-order valence-corrected chi connectivity index (χ1v) is 8.24. The first kappa shape index (κ1) is 16.6. The van der Waals surface area contributed by atoms with E-state index in [0.29, 0.717) is 22.2 Å². The van der Waals surface area contributed by atoms with Crippen molar-refractivity contribution in [3.8, 4) is 17.1 Å². The number of halogens is 2. The van der Waals surface area contributed by atoms with E-state index in [2.05, 4.69) is 21.2 Å². The van der Waals surface area contributed by atoms with E-state index in [-0.39, 0.29) is 11.7 Å². The van der Waals surface area contributed by atoms with Gasteiger partial charge in [-0.2, -0.15) is 0 Å². The van der Waals surface area contributed by atoms with E-state index in [1.165, 1.54) is 7.11 Å². The van der Waals surface area contributed by atoms with Gasteiger partial charge in [-0.1, -0.05) is 39.7 Å². The van der Waals surface area contributed by atoms with Crippen LogP contribution >= 0.6 is 27.5 Å². The number of ether oxygens (including phenoxy) is 1. The van der Waals surface area contributed by atoms with Crippen molar-refractivity contribution in [2.24, 2.45) is 0 Å². The number of hydrogen-bond donors (Lipinski definition) is 1. The molecule has 2 aromatic carbocycles. The molecule has 24 heavy (non-hydrogen) atoms. The molecule has 0 atom stereocenters. The molecular weight excluding hydrogens is 394 g/mol. The number of benzene rings is 2. The predicted molar refractivity (Wildman–Crippen MR) is 97.8 cm³/mol. The van der Waals surface area contributed by atoms with Crippen LogP contribution in [0.15, 0.2) is 63.5 Å². The summed E-state index contributed by atoms with van der Waals surface area (Å²) in [6.45, 7) is 0.